The monoisotopic (exact) mass is 341 g/mol. The van der Waals surface area contributed by atoms with E-state index in [1.54, 1.807) is 12.4 Å². The van der Waals surface area contributed by atoms with Crippen molar-refractivity contribution in [1.82, 2.24) is 9.88 Å². The molecule has 5 nitrogen and oxygen atoms in total. The molecular weight excluding hydrogens is 314 g/mol. The number of pyridine rings is 1. The van der Waals surface area contributed by atoms with Gasteiger partial charge in [-0.1, -0.05) is 25.1 Å². The molecule has 5 heteroatoms. The van der Waals surface area contributed by atoms with Gasteiger partial charge in [0, 0.05) is 36.8 Å². The fourth-order valence-electron chi connectivity index (χ4n) is 2.89. The number of ether oxygens (including phenoxy) is 1. The zero-order valence-corrected chi connectivity index (χ0v) is 15.2. The third kappa shape index (κ3) is 5.03. The summed E-state index contributed by atoms with van der Waals surface area (Å²) in [6, 6.07) is 11.6. The molecule has 0 aliphatic carbocycles. The molecule has 134 valence electrons. The predicted octanol–water partition coefficient (Wildman–Crippen LogP) is 4.62. The SMILES string of the molecule is CCOCc1ccccc1NC(=O)N(CC)[C@H](CC)c1ccncc1. The highest BCUT2D eigenvalue weighted by Crippen LogP contribution is 2.25. The minimum Gasteiger partial charge on any atom is -0.377 e. The van der Waals surface area contributed by atoms with Gasteiger partial charge in [-0.2, -0.15) is 0 Å². The van der Waals surface area contributed by atoms with Gasteiger partial charge in [0.1, 0.15) is 0 Å². The average molecular weight is 341 g/mol. The van der Waals surface area contributed by atoms with E-state index in [0.717, 1.165) is 23.2 Å². The Kier molecular flexibility index (Phi) is 7.41. The third-order valence-electron chi connectivity index (χ3n) is 4.18. The van der Waals surface area contributed by atoms with Crippen LogP contribution >= 0.6 is 0 Å². The van der Waals surface area contributed by atoms with Crippen molar-refractivity contribution in [3.63, 3.8) is 0 Å². The zero-order chi connectivity index (χ0) is 18.1. The Bertz CT molecular complexity index is 661. The number of hydrogen-bond acceptors (Lipinski definition) is 3. The van der Waals surface area contributed by atoms with Gasteiger partial charge in [0.25, 0.3) is 0 Å². The van der Waals surface area contributed by atoms with Crippen LogP contribution in [0.15, 0.2) is 48.8 Å². The molecule has 1 atom stereocenters. The van der Waals surface area contributed by atoms with Crippen LogP contribution < -0.4 is 5.32 Å². The molecule has 1 aromatic heterocycles. The number of anilines is 1. The van der Waals surface area contributed by atoms with Crippen molar-refractivity contribution in [2.24, 2.45) is 0 Å². The van der Waals surface area contributed by atoms with Crippen LogP contribution in [0.1, 0.15) is 44.4 Å². The Hall–Kier alpha value is -2.40. The number of para-hydroxylation sites is 1. The maximum absolute atomic E-state index is 12.9. The molecular formula is C20H27N3O2. The van der Waals surface area contributed by atoms with Crippen LogP contribution in [0.5, 0.6) is 0 Å². The minimum absolute atomic E-state index is 0.0204. The molecule has 25 heavy (non-hydrogen) atoms. The number of nitrogens with zero attached hydrogens (tertiary/aromatic N) is 2. The van der Waals surface area contributed by atoms with Crippen molar-refractivity contribution in [1.29, 1.82) is 0 Å². The molecule has 1 N–H and O–H groups in total. The second kappa shape index (κ2) is 9.79. The number of carbonyl (C=O) groups is 1. The van der Waals surface area contributed by atoms with E-state index in [9.17, 15) is 4.79 Å². The van der Waals surface area contributed by atoms with Crippen LogP contribution in [0.3, 0.4) is 0 Å². The summed E-state index contributed by atoms with van der Waals surface area (Å²) in [6.07, 6.45) is 4.37. The highest BCUT2D eigenvalue weighted by Gasteiger charge is 2.23. The lowest BCUT2D eigenvalue weighted by atomic mass is 10.0. The molecule has 0 radical (unpaired) electrons. The second-order valence-corrected chi connectivity index (χ2v) is 5.72. The number of amides is 2. The first-order valence-electron chi connectivity index (χ1n) is 8.84. The highest BCUT2D eigenvalue weighted by molar-refractivity contribution is 5.90. The van der Waals surface area contributed by atoms with Crippen LogP contribution in [-0.2, 0) is 11.3 Å². The van der Waals surface area contributed by atoms with Crippen LogP contribution in [0.2, 0.25) is 0 Å². The van der Waals surface area contributed by atoms with Crippen LogP contribution in [0, 0.1) is 0 Å². The van der Waals surface area contributed by atoms with Crippen LogP contribution in [0.4, 0.5) is 10.5 Å². The molecule has 0 saturated heterocycles. The molecule has 0 aliphatic heterocycles. The molecule has 1 heterocycles. The quantitative estimate of drug-likeness (QED) is 0.762. The number of rotatable bonds is 8. The summed E-state index contributed by atoms with van der Waals surface area (Å²) in [5.41, 5.74) is 2.87. The van der Waals surface area contributed by atoms with E-state index < -0.39 is 0 Å². The number of urea groups is 1. The minimum atomic E-state index is -0.102. The predicted molar refractivity (Wildman–Crippen MR) is 100 cm³/mol. The van der Waals surface area contributed by atoms with E-state index in [2.05, 4.69) is 17.2 Å². The van der Waals surface area contributed by atoms with Gasteiger partial charge in [-0.25, -0.2) is 4.79 Å². The summed E-state index contributed by atoms with van der Waals surface area (Å²) < 4.78 is 5.49. The molecule has 0 spiro atoms. The lowest BCUT2D eigenvalue weighted by Crippen LogP contribution is -2.38. The van der Waals surface area contributed by atoms with Gasteiger partial charge in [-0.15, -0.1) is 0 Å². The lowest BCUT2D eigenvalue weighted by molar-refractivity contribution is 0.134. The summed E-state index contributed by atoms with van der Waals surface area (Å²) in [5, 5.41) is 3.05. The van der Waals surface area contributed by atoms with Gasteiger partial charge in [0.05, 0.1) is 12.6 Å². The highest BCUT2D eigenvalue weighted by atomic mass is 16.5. The maximum atomic E-state index is 12.9. The second-order valence-electron chi connectivity index (χ2n) is 5.72. The molecule has 1 aromatic carbocycles. The van der Waals surface area contributed by atoms with E-state index >= 15 is 0 Å². The Balaban J connectivity index is 2.17. The van der Waals surface area contributed by atoms with Gasteiger partial charge >= 0.3 is 6.03 Å². The number of aromatic nitrogens is 1. The first-order valence-corrected chi connectivity index (χ1v) is 8.84. The van der Waals surface area contributed by atoms with E-state index in [1.165, 1.54) is 0 Å². The largest absolute Gasteiger partial charge is 0.377 e. The first-order chi connectivity index (χ1) is 12.2. The summed E-state index contributed by atoms with van der Waals surface area (Å²) in [4.78, 5) is 18.8. The lowest BCUT2D eigenvalue weighted by Gasteiger charge is -2.31. The van der Waals surface area contributed by atoms with Crippen molar-refractivity contribution in [3.8, 4) is 0 Å². The topological polar surface area (TPSA) is 54.5 Å². The van der Waals surface area contributed by atoms with Crippen molar-refractivity contribution in [3.05, 3.63) is 59.9 Å². The number of carbonyl (C=O) groups excluding carboxylic acids is 1. The Morgan fingerprint density at radius 2 is 1.88 bits per heavy atom. The van der Waals surface area contributed by atoms with Crippen molar-refractivity contribution in [2.75, 3.05) is 18.5 Å². The molecule has 0 bridgehead atoms. The van der Waals surface area contributed by atoms with E-state index in [0.29, 0.717) is 19.8 Å². The normalized spacial score (nSPS) is 11.8. The van der Waals surface area contributed by atoms with Crippen molar-refractivity contribution in [2.45, 2.75) is 39.8 Å². The molecule has 0 aliphatic rings. The standard InChI is InChI=1S/C20H27N3O2/c1-4-19(16-11-13-21-14-12-16)23(5-2)20(24)22-18-10-8-7-9-17(18)15-25-6-3/h7-14,19H,4-6,15H2,1-3H3,(H,22,24)/t19-/m1/s1. The van der Waals surface area contributed by atoms with Gasteiger partial charge in [-0.05, 0) is 44.0 Å². The van der Waals surface area contributed by atoms with E-state index in [1.807, 2.05) is 55.1 Å². The third-order valence-corrected chi connectivity index (χ3v) is 4.18. The maximum Gasteiger partial charge on any atom is 0.322 e. The number of nitrogens with one attached hydrogen (secondary N) is 1. The molecule has 2 rings (SSSR count). The summed E-state index contributed by atoms with van der Waals surface area (Å²) >= 11 is 0. The average Bonchev–Trinajstić information content (AvgIpc) is 2.65. The Morgan fingerprint density at radius 1 is 1.16 bits per heavy atom. The zero-order valence-electron chi connectivity index (χ0n) is 15.2. The smallest absolute Gasteiger partial charge is 0.322 e. The molecule has 2 amide bonds. The van der Waals surface area contributed by atoms with Crippen LogP contribution in [0.25, 0.3) is 0 Å². The number of benzene rings is 1. The van der Waals surface area contributed by atoms with Crippen LogP contribution in [-0.4, -0.2) is 29.1 Å². The Labute approximate surface area is 150 Å². The molecule has 0 saturated carbocycles. The van der Waals surface area contributed by atoms with Crippen molar-refractivity contribution < 1.29 is 9.53 Å². The summed E-state index contributed by atoms with van der Waals surface area (Å²) in [5.74, 6) is 0. The molecule has 0 unspecified atom stereocenters. The molecule has 2 aromatic rings. The fraction of sp³-hybridized carbons (Fsp3) is 0.400. The van der Waals surface area contributed by atoms with E-state index in [4.69, 9.17) is 4.74 Å². The summed E-state index contributed by atoms with van der Waals surface area (Å²) in [7, 11) is 0. The number of hydrogen-bond donors (Lipinski definition) is 1. The fourth-order valence-corrected chi connectivity index (χ4v) is 2.89. The van der Waals surface area contributed by atoms with Crippen molar-refractivity contribution >= 4 is 11.7 Å². The van der Waals surface area contributed by atoms with Gasteiger partial charge in [0.2, 0.25) is 0 Å². The van der Waals surface area contributed by atoms with Gasteiger partial charge in [-0.3, -0.25) is 4.98 Å². The van der Waals surface area contributed by atoms with E-state index in [-0.39, 0.29) is 12.1 Å². The Morgan fingerprint density at radius 3 is 2.52 bits per heavy atom. The molecule has 0 fully saturated rings. The van der Waals surface area contributed by atoms with Gasteiger partial charge in [0.15, 0.2) is 0 Å². The first kappa shape index (κ1) is 18.9. The van der Waals surface area contributed by atoms with Gasteiger partial charge < -0.3 is 15.0 Å². The summed E-state index contributed by atoms with van der Waals surface area (Å²) in [6.45, 7) is 7.80.